The Labute approximate surface area is 108 Å². The van der Waals surface area contributed by atoms with Gasteiger partial charge in [0.2, 0.25) is 0 Å². The Morgan fingerprint density at radius 2 is 2.31 bits per heavy atom. The SMILES string of the molecule is CC(C)N=C1NN=C(c2ccc(Cl)s2)CS1. The number of hydrazone groups is 1. The number of hydrogen-bond donors (Lipinski definition) is 1. The summed E-state index contributed by atoms with van der Waals surface area (Å²) < 4.78 is 0.796. The fourth-order valence-electron chi connectivity index (χ4n) is 1.21. The van der Waals surface area contributed by atoms with Gasteiger partial charge < -0.3 is 0 Å². The molecule has 1 aromatic heterocycles. The highest BCUT2D eigenvalue weighted by Gasteiger charge is 2.14. The number of thiophene rings is 1. The highest BCUT2D eigenvalue weighted by molar-refractivity contribution is 8.14. The molecule has 2 heterocycles. The van der Waals surface area contributed by atoms with Crippen LogP contribution in [0, 0.1) is 0 Å². The molecule has 1 N–H and O–H groups in total. The lowest BCUT2D eigenvalue weighted by Crippen LogP contribution is -2.25. The smallest absolute Gasteiger partial charge is 0.177 e. The monoisotopic (exact) mass is 273 g/mol. The zero-order valence-electron chi connectivity index (χ0n) is 9.03. The zero-order chi connectivity index (χ0) is 11.5. The third-order valence-electron chi connectivity index (χ3n) is 1.87. The fourth-order valence-corrected chi connectivity index (χ4v) is 3.22. The van der Waals surface area contributed by atoms with Gasteiger partial charge in [0, 0.05) is 11.8 Å². The first-order chi connectivity index (χ1) is 7.65. The number of rotatable bonds is 2. The topological polar surface area (TPSA) is 36.8 Å². The molecule has 6 heteroatoms. The van der Waals surface area contributed by atoms with Crippen LogP contribution >= 0.6 is 34.7 Å². The predicted octanol–water partition coefficient (Wildman–Crippen LogP) is 3.21. The van der Waals surface area contributed by atoms with Gasteiger partial charge >= 0.3 is 0 Å². The second-order valence-corrected chi connectivity index (χ2v) is 6.27. The summed E-state index contributed by atoms with van der Waals surface area (Å²) in [5.41, 5.74) is 4.00. The van der Waals surface area contributed by atoms with Crippen LogP contribution in [0.15, 0.2) is 22.2 Å². The molecule has 0 saturated carbocycles. The van der Waals surface area contributed by atoms with Crippen molar-refractivity contribution < 1.29 is 0 Å². The summed E-state index contributed by atoms with van der Waals surface area (Å²) in [4.78, 5) is 5.53. The maximum absolute atomic E-state index is 5.89. The third kappa shape index (κ3) is 2.99. The minimum atomic E-state index is 0.294. The largest absolute Gasteiger partial charge is 0.258 e. The first kappa shape index (κ1) is 12.0. The summed E-state index contributed by atoms with van der Waals surface area (Å²) >= 11 is 9.12. The van der Waals surface area contributed by atoms with E-state index in [4.69, 9.17) is 11.6 Å². The van der Waals surface area contributed by atoms with Crippen LogP contribution in [0.4, 0.5) is 0 Å². The van der Waals surface area contributed by atoms with E-state index in [-0.39, 0.29) is 0 Å². The van der Waals surface area contributed by atoms with E-state index in [1.165, 1.54) is 0 Å². The van der Waals surface area contributed by atoms with Gasteiger partial charge in [0.1, 0.15) is 0 Å². The molecular formula is C10H12ClN3S2. The van der Waals surface area contributed by atoms with Gasteiger partial charge in [-0.25, -0.2) is 0 Å². The molecule has 0 spiro atoms. The highest BCUT2D eigenvalue weighted by Crippen LogP contribution is 2.24. The van der Waals surface area contributed by atoms with Crippen LogP contribution in [-0.2, 0) is 0 Å². The average molecular weight is 274 g/mol. The highest BCUT2D eigenvalue weighted by atomic mass is 35.5. The summed E-state index contributed by atoms with van der Waals surface area (Å²) in [6.07, 6.45) is 0. The van der Waals surface area contributed by atoms with Crippen LogP contribution in [0.1, 0.15) is 18.7 Å². The molecule has 0 bridgehead atoms. The maximum atomic E-state index is 5.89. The summed E-state index contributed by atoms with van der Waals surface area (Å²) in [5, 5.41) is 5.20. The van der Waals surface area contributed by atoms with Crippen molar-refractivity contribution in [3.63, 3.8) is 0 Å². The molecule has 0 radical (unpaired) electrons. The number of aliphatic imine (C=N–C) groups is 1. The van der Waals surface area contributed by atoms with Gasteiger partial charge in [-0.05, 0) is 26.0 Å². The lowest BCUT2D eigenvalue weighted by atomic mass is 10.3. The number of thioether (sulfide) groups is 1. The molecule has 2 rings (SSSR count). The summed E-state index contributed by atoms with van der Waals surface area (Å²) in [7, 11) is 0. The van der Waals surface area contributed by atoms with E-state index >= 15 is 0 Å². The standard InChI is InChI=1S/C10H12ClN3S2/c1-6(2)12-10-14-13-7(5-15-10)8-3-4-9(11)16-8/h3-4,6H,5H2,1-2H3,(H,12,14). The first-order valence-electron chi connectivity index (χ1n) is 4.94. The Balaban J connectivity index is 2.09. The van der Waals surface area contributed by atoms with Crippen molar-refractivity contribution in [1.29, 1.82) is 0 Å². The van der Waals surface area contributed by atoms with Gasteiger partial charge in [0.25, 0.3) is 0 Å². The molecule has 0 saturated heterocycles. The Kier molecular flexibility index (Phi) is 3.89. The number of amidine groups is 1. The molecule has 0 amide bonds. The predicted molar refractivity (Wildman–Crippen MR) is 74.0 cm³/mol. The second kappa shape index (κ2) is 5.21. The summed E-state index contributed by atoms with van der Waals surface area (Å²) in [6.45, 7) is 4.10. The van der Waals surface area contributed by atoms with Crippen molar-refractivity contribution in [2.24, 2.45) is 10.1 Å². The van der Waals surface area contributed by atoms with E-state index in [0.717, 1.165) is 25.8 Å². The number of nitrogens with one attached hydrogen (secondary N) is 1. The van der Waals surface area contributed by atoms with Crippen LogP contribution < -0.4 is 5.43 Å². The van der Waals surface area contributed by atoms with Crippen molar-refractivity contribution in [2.45, 2.75) is 19.9 Å². The number of hydrogen-bond acceptors (Lipinski definition) is 4. The maximum Gasteiger partial charge on any atom is 0.177 e. The lowest BCUT2D eigenvalue weighted by molar-refractivity contribution is 0.826. The van der Waals surface area contributed by atoms with E-state index in [2.05, 4.69) is 15.5 Å². The molecule has 16 heavy (non-hydrogen) atoms. The quantitative estimate of drug-likeness (QED) is 0.898. The van der Waals surface area contributed by atoms with Gasteiger partial charge in [0.05, 0.1) is 14.9 Å². The Bertz CT molecular complexity index is 437. The van der Waals surface area contributed by atoms with E-state index in [9.17, 15) is 0 Å². The number of nitrogens with zero attached hydrogens (tertiary/aromatic N) is 2. The molecule has 0 atom stereocenters. The van der Waals surface area contributed by atoms with E-state index in [1.807, 2.05) is 26.0 Å². The number of halogens is 1. The molecule has 0 fully saturated rings. The van der Waals surface area contributed by atoms with E-state index in [0.29, 0.717) is 6.04 Å². The minimum absolute atomic E-state index is 0.294. The van der Waals surface area contributed by atoms with Crippen molar-refractivity contribution in [1.82, 2.24) is 5.43 Å². The van der Waals surface area contributed by atoms with Crippen molar-refractivity contribution in [2.75, 3.05) is 5.75 Å². The van der Waals surface area contributed by atoms with Crippen LogP contribution in [0.3, 0.4) is 0 Å². The van der Waals surface area contributed by atoms with Crippen LogP contribution in [0.5, 0.6) is 0 Å². The van der Waals surface area contributed by atoms with E-state index < -0.39 is 0 Å². The van der Waals surface area contributed by atoms with Crippen molar-refractivity contribution in [3.05, 3.63) is 21.3 Å². The summed E-state index contributed by atoms with van der Waals surface area (Å²) in [6, 6.07) is 4.19. The van der Waals surface area contributed by atoms with Gasteiger partial charge in [-0.15, -0.1) is 11.3 Å². The van der Waals surface area contributed by atoms with Gasteiger partial charge in [-0.2, -0.15) is 5.10 Å². The Morgan fingerprint density at radius 1 is 1.50 bits per heavy atom. The molecule has 0 unspecified atom stereocenters. The molecule has 1 aliphatic rings. The lowest BCUT2D eigenvalue weighted by Gasteiger charge is -2.14. The minimum Gasteiger partial charge on any atom is -0.258 e. The molecular weight excluding hydrogens is 262 g/mol. The van der Waals surface area contributed by atoms with Crippen LogP contribution in [-0.4, -0.2) is 22.7 Å². The van der Waals surface area contributed by atoms with Gasteiger partial charge in [0.15, 0.2) is 5.17 Å². The summed E-state index contributed by atoms with van der Waals surface area (Å²) in [5.74, 6) is 0.843. The third-order valence-corrected chi connectivity index (χ3v) is 4.03. The molecule has 1 aliphatic heterocycles. The molecule has 0 aliphatic carbocycles. The molecule has 1 aromatic rings. The Morgan fingerprint density at radius 3 is 2.81 bits per heavy atom. The molecule has 86 valence electrons. The van der Waals surface area contributed by atoms with Gasteiger partial charge in [-0.3, -0.25) is 10.4 Å². The average Bonchev–Trinajstić information content (AvgIpc) is 2.65. The Hall–Kier alpha value is -0.520. The van der Waals surface area contributed by atoms with Crippen LogP contribution in [0.2, 0.25) is 4.34 Å². The van der Waals surface area contributed by atoms with Gasteiger partial charge in [-0.1, -0.05) is 23.4 Å². The van der Waals surface area contributed by atoms with Crippen molar-refractivity contribution >= 4 is 45.6 Å². The molecule has 0 aromatic carbocycles. The normalized spacial score (nSPS) is 18.8. The fraction of sp³-hybridized carbons (Fsp3) is 0.400. The van der Waals surface area contributed by atoms with Crippen molar-refractivity contribution in [3.8, 4) is 0 Å². The van der Waals surface area contributed by atoms with E-state index in [1.54, 1.807) is 23.1 Å². The zero-order valence-corrected chi connectivity index (χ0v) is 11.4. The first-order valence-corrected chi connectivity index (χ1v) is 7.12. The molecule has 3 nitrogen and oxygen atoms in total. The van der Waals surface area contributed by atoms with Crippen LogP contribution in [0.25, 0.3) is 0 Å². The second-order valence-electron chi connectivity index (χ2n) is 3.59.